The van der Waals surface area contributed by atoms with Crippen LogP contribution in [0.1, 0.15) is 51.0 Å². The van der Waals surface area contributed by atoms with Crippen LogP contribution >= 0.6 is 0 Å². The molecule has 0 amide bonds. The topological polar surface area (TPSA) is 69.4 Å². The Bertz CT molecular complexity index is 674. The van der Waals surface area contributed by atoms with Crippen molar-refractivity contribution in [2.75, 3.05) is 19.5 Å². The zero-order valence-electron chi connectivity index (χ0n) is 14.9. The number of nitrogens with one attached hydrogen (secondary N) is 1. The van der Waals surface area contributed by atoms with Crippen molar-refractivity contribution in [1.82, 2.24) is 10.1 Å². The minimum Gasteiger partial charge on any atom is -0.493 e. The van der Waals surface area contributed by atoms with Gasteiger partial charge in [0.15, 0.2) is 17.3 Å². The molecule has 2 rings (SSSR count). The SMILES string of the molecule is COc1cc(C)c(N[C@H](C)c2nc(C(C)(C)C)no2)cc1OC. The van der Waals surface area contributed by atoms with E-state index in [0.717, 1.165) is 11.3 Å². The first-order chi connectivity index (χ1) is 10.8. The number of nitrogens with zero attached hydrogens (tertiary/aromatic N) is 2. The second kappa shape index (κ2) is 6.48. The Balaban J connectivity index is 2.23. The maximum absolute atomic E-state index is 5.39. The van der Waals surface area contributed by atoms with E-state index in [9.17, 15) is 0 Å². The molecular weight excluding hydrogens is 294 g/mol. The van der Waals surface area contributed by atoms with Crippen molar-refractivity contribution in [3.8, 4) is 11.5 Å². The molecule has 6 heteroatoms. The molecule has 0 unspecified atom stereocenters. The molecule has 1 aromatic carbocycles. The smallest absolute Gasteiger partial charge is 0.248 e. The van der Waals surface area contributed by atoms with Crippen LogP contribution in [0.4, 0.5) is 5.69 Å². The Morgan fingerprint density at radius 1 is 1.13 bits per heavy atom. The maximum Gasteiger partial charge on any atom is 0.248 e. The third-order valence-corrected chi connectivity index (χ3v) is 3.59. The van der Waals surface area contributed by atoms with Crippen molar-refractivity contribution in [2.45, 2.75) is 46.1 Å². The van der Waals surface area contributed by atoms with Crippen LogP contribution in [0.25, 0.3) is 0 Å². The zero-order valence-corrected chi connectivity index (χ0v) is 14.9. The van der Waals surface area contributed by atoms with Gasteiger partial charge in [-0.3, -0.25) is 0 Å². The molecule has 1 N–H and O–H groups in total. The van der Waals surface area contributed by atoms with Crippen molar-refractivity contribution >= 4 is 5.69 Å². The number of aromatic nitrogens is 2. The van der Waals surface area contributed by atoms with Crippen LogP contribution in [0.15, 0.2) is 16.7 Å². The van der Waals surface area contributed by atoms with Crippen LogP contribution in [0, 0.1) is 6.92 Å². The molecule has 1 atom stereocenters. The lowest BCUT2D eigenvalue weighted by Crippen LogP contribution is -2.14. The van der Waals surface area contributed by atoms with Crippen LogP contribution in [-0.2, 0) is 5.41 Å². The highest BCUT2D eigenvalue weighted by molar-refractivity contribution is 5.60. The van der Waals surface area contributed by atoms with Crippen molar-refractivity contribution < 1.29 is 14.0 Å². The van der Waals surface area contributed by atoms with Gasteiger partial charge in [0, 0.05) is 17.2 Å². The van der Waals surface area contributed by atoms with E-state index in [1.807, 2.05) is 26.0 Å². The molecule has 0 aliphatic rings. The molecule has 0 saturated heterocycles. The Labute approximate surface area is 137 Å². The monoisotopic (exact) mass is 319 g/mol. The Morgan fingerprint density at radius 2 is 1.74 bits per heavy atom. The lowest BCUT2D eigenvalue weighted by Gasteiger charge is -2.17. The average molecular weight is 319 g/mol. The number of ether oxygens (including phenoxy) is 2. The summed E-state index contributed by atoms with van der Waals surface area (Å²) in [5, 5.41) is 7.45. The highest BCUT2D eigenvalue weighted by atomic mass is 16.5. The van der Waals surface area contributed by atoms with Crippen LogP contribution < -0.4 is 14.8 Å². The largest absolute Gasteiger partial charge is 0.493 e. The minimum atomic E-state index is -0.138. The third-order valence-electron chi connectivity index (χ3n) is 3.59. The van der Waals surface area contributed by atoms with Gasteiger partial charge < -0.3 is 19.3 Å². The molecule has 0 spiro atoms. The number of hydrogen-bond donors (Lipinski definition) is 1. The van der Waals surface area contributed by atoms with Gasteiger partial charge >= 0.3 is 0 Å². The van der Waals surface area contributed by atoms with Crippen LogP contribution in [-0.4, -0.2) is 24.4 Å². The zero-order chi connectivity index (χ0) is 17.2. The molecule has 1 heterocycles. The van der Waals surface area contributed by atoms with Gasteiger partial charge in [0.2, 0.25) is 5.89 Å². The van der Waals surface area contributed by atoms with E-state index >= 15 is 0 Å². The first-order valence-corrected chi connectivity index (χ1v) is 7.59. The molecule has 0 bridgehead atoms. The molecule has 126 valence electrons. The molecule has 6 nitrogen and oxygen atoms in total. The normalized spacial score (nSPS) is 12.8. The van der Waals surface area contributed by atoms with Crippen molar-refractivity contribution in [1.29, 1.82) is 0 Å². The number of anilines is 1. The van der Waals surface area contributed by atoms with Crippen molar-refractivity contribution in [3.05, 3.63) is 29.4 Å². The number of hydrogen-bond acceptors (Lipinski definition) is 6. The summed E-state index contributed by atoms with van der Waals surface area (Å²) in [7, 11) is 3.24. The van der Waals surface area contributed by atoms with Gasteiger partial charge in [0.1, 0.15) is 6.04 Å². The van der Waals surface area contributed by atoms with E-state index < -0.39 is 0 Å². The van der Waals surface area contributed by atoms with Crippen LogP contribution in [0.2, 0.25) is 0 Å². The summed E-state index contributed by atoms with van der Waals surface area (Å²) in [5.74, 6) is 2.64. The predicted octanol–water partition coefficient (Wildman–Crippen LogP) is 3.87. The molecule has 0 aliphatic heterocycles. The minimum absolute atomic E-state index is 0.115. The van der Waals surface area contributed by atoms with Gasteiger partial charge in [0.25, 0.3) is 0 Å². The molecule has 0 radical (unpaired) electrons. The van der Waals surface area contributed by atoms with E-state index in [-0.39, 0.29) is 11.5 Å². The van der Waals surface area contributed by atoms with Crippen molar-refractivity contribution in [3.63, 3.8) is 0 Å². The standard InChI is InChI=1S/C17H25N3O3/c1-10-8-13(21-6)14(22-7)9-12(10)18-11(2)15-19-16(20-23-15)17(3,4)5/h8-9,11,18H,1-7H3/t11-/m1/s1. The molecule has 2 aromatic rings. The van der Waals surface area contributed by atoms with E-state index in [0.29, 0.717) is 23.2 Å². The quantitative estimate of drug-likeness (QED) is 0.902. The number of aryl methyl sites for hydroxylation is 1. The number of methoxy groups -OCH3 is 2. The molecule has 0 saturated carbocycles. The molecule has 0 aliphatic carbocycles. The lowest BCUT2D eigenvalue weighted by molar-refractivity contribution is 0.352. The Hall–Kier alpha value is -2.24. The third kappa shape index (κ3) is 3.75. The summed E-state index contributed by atoms with van der Waals surface area (Å²) in [4.78, 5) is 4.49. The molecule has 23 heavy (non-hydrogen) atoms. The molecule has 0 fully saturated rings. The van der Waals surface area contributed by atoms with Crippen LogP contribution in [0.3, 0.4) is 0 Å². The number of rotatable bonds is 5. The summed E-state index contributed by atoms with van der Waals surface area (Å²) in [6.45, 7) is 10.1. The van der Waals surface area contributed by atoms with Gasteiger partial charge in [-0.15, -0.1) is 0 Å². The summed E-state index contributed by atoms with van der Waals surface area (Å²) in [6.07, 6.45) is 0. The van der Waals surface area contributed by atoms with E-state index in [1.165, 1.54) is 0 Å². The van der Waals surface area contributed by atoms with Crippen molar-refractivity contribution in [2.24, 2.45) is 0 Å². The Morgan fingerprint density at radius 3 is 2.26 bits per heavy atom. The van der Waals surface area contributed by atoms with Gasteiger partial charge in [-0.05, 0) is 25.5 Å². The average Bonchev–Trinajstić information content (AvgIpc) is 2.98. The first-order valence-electron chi connectivity index (χ1n) is 7.59. The predicted molar refractivity (Wildman–Crippen MR) is 89.3 cm³/mol. The van der Waals surface area contributed by atoms with E-state index in [4.69, 9.17) is 14.0 Å². The van der Waals surface area contributed by atoms with Gasteiger partial charge in [0.05, 0.1) is 14.2 Å². The summed E-state index contributed by atoms with van der Waals surface area (Å²) in [5.41, 5.74) is 1.84. The highest BCUT2D eigenvalue weighted by Crippen LogP contribution is 2.34. The summed E-state index contributed by atoms with van der Waals surface area (Å²) >= 11 is 0. The maximum atomic E-state index is 5.39. The summed E-state index contributed by atoms with van der Waals surface area (Å²) in [6, 6.07) is 3.73. The second-order valence-electron chi connectivity index (χ2n) is 6.59. The summed E-state index contributed by atoms with van der Waals surface area (Å²) < 4.78 is 16.0. The van der Waals surface area contributed by atoms with Crippen LogP contribution in [0.5, 0.6) is 11.5 Å². The molecule has 1 aromatic heterocycles. The Kier molecular flexibility index (Phi) is 4.82. The fraction of sp³-hybridized carbons (Fsp3) is 0.529. The van der Waals surface area contributed by atoms with E-state index in [1.54, 1.807) is 14.2 Å². The molecular formula is C17H25N3O3. The van der Waals surface area contributed by atoms with Gasteiger partial charge in [-0.1, -0.05) is 25.9 Å². The fourth-order valence-electron chi connectivity index (χ4n) is 2.15. The lowest BCUT2D eigenvalue weighted by atomic mass is 9.96. The fourth-order valence-corrected chi connectivity index (χ4v) is 2.15. The first kappa shape index (κ1) is 17.1. The highest BCUT2D eigenvalue weighted by Gasteiger charge is 2.23. The van der Waals surface area contributed by atoms with Gasteiger partial charge in [-0.2, -0.15) is 4.98 Å². The van der Waals surface area contributed by atoms with E-state index in [2.05, 4.69) is 36.2 Å². The van der Waals surface area contributed by atoms with Gasteiger partial charge in [-0.25, -0.2) is 0 Å². The number of benzene rings is 1. The second-order valence-corrected chi connectivity index (χ2v) is 6.59.